The molecule has 0 spiro atoms. The van der Waals surface area contributed by atoms with E-state index in [0.717, 1.165) is 36.8 Å². The van der Waals surface area contributed by atoms with Gasteiger partial charge in [-0.25, -0.2) is 0 Å². The Bertz CT molecular complexity index is 939. The first-order valence-electron chi connectivity index (χ1n) is 11.9. The van der Waals surface area contributed by atoms with E-state index in [4.69, 9.17) is 16.3 Å². The third-order valence-corrected chi connectivity index (χ3v) is 6.70. The number of amides is 2. The Kier molecular flexibility index (Phi) is 9.19. The minimum absolute atomic E-state index is 0.0853. The van der Waals surface area contributed by atoms with Crippen LogP contribution in [0, 0.1) is 13.8 Å². The summed E-state index contributed by atoms with van der Waals surface area (Å²) in [4.78, 5) is 28.2. The quantitative estimate of drug-likeness (QED) is 0.519. The molecule has 3 rings (SSSR count). The first kappa shape index (κ1) is 25.1. The SMILES string of the molecule is CCC(C(=O)NC1CCCCC1)N(Cc1ccc(Cl)cc1)C(=O)COc1ccc(C)c(C)c1. The summed E-state index contributed by atoms with van der Waals surface area (Å²) in [5, 5.41) is 3.83. The predicted octanol–water partition coefficient (Wildman–Crippen LogP) is 5.59. The van der Waals surface area contributed by atoms with Gasteiger partial charge in [0.05, 0.1) is 0 Å². The van der Waals surface area contributed by atoms with Crippen molar-refractivity contribution in [1.82, 2.24) is 10.2 Å². The number of ether oxygens (including phenoxy) is 1. The number of hydrogen-bond acceptors (Lipinski definition) is 3. The van der Waals surface area contributed by atoms with E-state index in [1.54, 1.807) is 17.0 Å². The van der Waals surface area contributed by atoms with E-state index in [1.807, 2.05) is 51.1 Å². The van der Waals surface area contributed by atoms with Gasteiger partial charge in [0.25, 0.3) is 5.91 Å². The predicted molar refractivity (Wildman–Crippen MR) is 133 cm³/mol. The lowest BCUT2D eigenvalue weighted by Crippen LogP contribution is -2.52. The van der Waals surface area contributed by atoms with Crippen LogP contribution < -0.4 is 10.1 Å². The van der Waals surface area contributed by atoms with Gasteiger partial charge in [0, 0.05) is 17.6 Å². The van der Waals surface area contributed by atoms with Crippen molar-refractivity contribution in [1.29, 1.82) is 0 Å². The molecule has 1 unspecified atom stereocenters. The molecule has 1 aliphatic rings. The van der Waals surface area contributed by atoms with Crippen molar-refractivity contribution in [2.24, 2.45) is 0 Å². The average molecular weight is 471 g/mol. The van der Waals surface area contributed by atoms with Crippen LogP contribution in [0.15, 0.2) is 42.5 Å². The Morgan fingerprint density at radius 1 is 1.06 bits per heavy atom. The highest BCUT2D eigenvalue weighted by atomic mass is 35.5. The van der Waals surface area contributed by atoms with E-state index in [2.05, 4.69) is 5.32 Å². The molecule has 1 aliphatic carbocycles. The molecule has 1 N–H and O–H groups in total. The summed E-state index contributed by atoms with van der Waals surface area (Å²) < 4.78 is 5.82. The van der Waals surface area contributed by atoms with Crippen LogP contribution in [-0.2, 0) is 16.1 Å². The molecule has 2 aromatic carbocycles. The van der Waals surface area contributed by atoms with Crippen molar-refractivity contribution >= 4 is 23.4 Å². The number of carbonyl (C=O) groups excluding carboxylic acids is 2. The number of rotatable bonds is 9. The van der Waals surface area contributed by atoms with Gasteiger partial charge in [-0.2, -0.15) is 0 Å². The third kappa shape index (κ3) is 7.23. The minimum Gasteiger partial charge on any atom is -0.484 e. The number of benzene rings is 2. The second-order valence-electron chi connectivity index (χ2n) is 8.95. The van der Waals surface area contributed by atoms with Crippen molar-refractivity contribution in [3.63, 3.8) is 0 Å². The van der Waals surface area contributed by atoms with Gasteiger partial charge < -0.3 is 15.0 Å². The highest BCUT2D eigenvalue weighted by molar-refractivity contribution is 6.30. The fourth-order valence-electron chi connectivity index (χ4n) is 4.28. The summed E-state index contributed by atoms with van der Waals surface area (Å²) in [5.41, 5.74) is 3.20. The Labute approximate surface area is 202 Å². The molecular weight excluding hydrogens is 436 g/mol. The molecule has 2 amide bonds. The lowest BCUT2D eigenvalue weighted by Gasteiger charge is -2.32. The zero-order valence-electron chi connectivity index (χ0n) is 19.9. The molecular formula is C27H35ClN2O3. The molecule has 1 atom stereocenters. The second kappa shape index (κ2) is 12.1. The molecule has 0 heterocycles. The molecule has 2 aromatic rings. The van der Waals surface area contributed by atoms with Gasteiger partial charge in [0.15, 0.2) is 6.61 Å². The fraction of sp³-hybridized carbons (Fsp3) is 0.481. The number of nitrogens with zero attached hydrogens (tertiary/aromatic N) is 1. The summed E-state index contributed by atoms with van der Waals surface area (Å²) in [6.45, 7) is 6.19. The van der Waals surface area contributed by atoms with Crippen LogP contribution in [0.25, 0.3) is 0 Å². The topological polar surface area (TPSA) is 58.6 Å². The molecule has 178 valence electrons. The van der Waals surface area contributed by atoms with E-state index < -0.39 is 6.04 Å². The monoisotopic (exact) mass is 470 g/mol. The molecule has 1 fully saturated rings. The number of carbonyl (C=O) groups is 2. The largest absolute Gasteiger partial charge is 0.484 e. The van der Waals surface area contributed by atoms with Crippen LogP contribution in [0.1, 0.15) is 62.1 Å². The molecule has 5 nitrogen and oxygen atoms in total. The van der Waals surface area contributed by atoms with Gasteiger partial charge >= 0.3 is 0 Å². The van der Waals surface area contributed by atoms with Crippen LogP contribution in [0.5, 0.6) is 5.75 Å². The Morgan fingerprint density at radius 2 is 1.76 bits per heavy atom. The van der Waals surface area contributed by atoms with Gasteiger partial charge in [-0.15, -0.1) is 0 Å². The van der Waals surface area contributed by atoms with Crippen LogP contribution in [0.4, 0.5) is 0 Å². The van der Waals surface area contributed by atoms with Crippen LogP contribution in [-0.4, -0.2) is 35.4 Å². The Balaban J connectivity index is 1.75. The molecule has 0 radical (unpaired) electrons. The van der Waals surface area contributed by atoms with Gasteiger partial charge in [0.1, 0.15) is 11.8 Å². The fourth-order valence-corrected chi connectivity index (χ4v) is 4.41. The maximum absolute atomic E-state index is 13.3. The molecule has 0 aromatic heterocycles. The smallest absolute Gasteiger partial charge is 0.261 e. The lowest BCUT2D eigenvalue weighted by atomic mass is 9.95. The first-order chi connectivity index (χ1) is 15.9. The molecule has 1 saturated carbocycles. The Hall–Kier alpha value is -2.53. The molecule has 0 aliphatic heterocycles. The normalized spacial score (nSPS) is 15.0. The molecule has 6 heteroatoms. The maximum Gasteiger partial charge on any atom is 0.261 e. The summed E-state index contributed by atoms with van der Waals surface area (Å²) in [6.07, 6.45) is 6.03. The Morgan fingerprint density at radius 3 is 2.39 bits per heavy atom. The maximum atomic E-state index is 13.3. The number of nitrogens with one attached hydrogen (secondary N) is 1. The summed E-state index contributed by atoms with van der Waals surface area (Å²) in [5.74, 6) is 0.351. The third-order valence-electron chi connectivity index (χ3n) is 6.44. The van der Waals surface area contributed by atoms with Crippen molar-refractivity contribution in [2.45, 2.75) is 77.9 Å². The molecule has 0 bridgehead atoms. The van der Waals surface area contributed by atoms with E-state index in [1.165, 1.54) is 12.0 Å². The van der Waals surface area contributed by atoms with Crippen LogP contribution in [0.3, 0.4) is 0 Å². The van der Waals surface area contributed by atoms with E-state index in [0.29, 0.717) is 23.7 Å². The highest BCUT2D eigenvalue weighted by Crippen LogP contribution is 2.20. The van der Waals surface area contributed by atoms with Gasteiger partial charge in [-0.05, 0) is 74.1 Å². The highest BCUT2D eigenvalue weighted by Gasteiger charge is 2.30. The summed E-state index contributed by atoms with van der Waals surface area (Å²) in [7, 11) is 0. The van der Waals surface area contributed by atoms with Crippen LogP contribution >= 0.6 is 11.6 Å². The molecule has 0 saturated heterocycles. The van der Waals surface area contributed by atoms with Gasteiger partial charge in [-0.1, -0.05) is 56.0 Å². The number of hydrogen-bond donors (Lipinski definition) is 1. The van der Waals surface area contributed by atoms with E-state index >= 15 is 0 Å². The second-order valence-corrected chi connectivity index (χ2v) is 9.39. The number of aryl methyl sites for hydroxylation is 2. The molecule has 33 heavy (non-hydrogen) atoms. The van der Waals surface area contributed by atoms with Crippen molar-refractivity contribution in [2.75, 3.05) is 6.61 Å². The average Bonchev–Trinajstić information content (AvgIpc) is 2.81. The van der Waals surface area contributed by atoms with E-state index in [9.17, 15) is 9.59 Å². The standard InChI is InChI=1S/C27H35ClN2O3/c1-4-25(27(32)29-23-8-6-5-7-9-23)30(17-21-11-13-22(28)14-12-21)26(31)18-33-24-15-10-19(2)20(3)16-24/h10-16,23,25H,4-9,17-18H2,1-3H3,(H,29,32). The zero-order chi connectivity index (χ0) is 23.8. The lowest BCUT2D eigenvalue weighted by molar-refractivity contribution is -0.143. The van der Waals surface area contributed by atoms with Gasteiger partial charge in [0.2, 0.25) is 5.91 Å². The van der Waals surface area contributed by atoms with Crippen molar-refractivity contribution in [3.05, 3.63) is 64.2 Å². The zero-order valence-corrected chi connectivity index (χ0v) is 20.7. The number of halogens is 1. The summed E-state index contributed by atoms with van der Waals surface area (Å²) in [6, 6.07) is 12.8. The van der Waals surface area contributed by atoms with Crippen molar-refractivity contribution < 1.29 is 14.3 Å². The minimum atomic E-state index is -0.557. The van der Waals surface area contributed by atoms with Gasteiger partial charge in [-0.3, -0.25) is 9.59 Å². The van der Waals surface area contributed by atoms with Crippen molar-refractivity contribution in [3.8, 4) is 5.75 Å². The van der Waals surface area contributed by atoms with Crippen LogP contribution in [0.2, 0.25) is 5.02 Å². The van der Waals surface area contributed by atoms with E-state index in [-0.39, 0.29) is 24.5 Å². The summed E-state index contributed by atoms with van der Waals surface area (Å²) >= 11 is 6.04. The first-order valence-corrected chi connectivity index (χ1v) is 12.3.